The molecule has 0 saturated heterocycles. The molecule has 0 aliphatic heterocycles. The number of ether oxygens (including phenoxy) is 3. The molecule has 0 saturated carbocycles. The summed E-state index contributed by atoms with van der Waals surface area (Å²) < 4.78 is 16.7. The fourth-order valence-corrected chi connectivity index (χ4v) is 5.71. The van der Waals surface area contributed by atoms with Crippen molar-refractivity contribution >= 4 is 40.3 Å². The van der Waals surface area contributed by atoms with Crippen molar-refractivity contribution in [3.63, 3.8) is 0 Å². The Morgan fingerprint density at radius 1 is 1.00 bits per heavy atom. The minimum Gasteiger partial charge on any atom is -0.494 e. The first-order valence-corrected chi connectivity index (χ1v) is 15.2. The van der Waals surface area contributed by atoms with Crippen LogP contribution in [0.5, 0.6) is 11.5 Å². The van der Waals surface area contributed by atoms with Crippen LogP contribution in [0.1, 0.15) is 83.2 Å². The molecule has 42 heavy (non-hydrogen) atoms. The third-order valence-electron chi connectivity index (χ3n) is 6.71. The number of rotatable bonds is 13. The zero-order valence-electron chi connectivity index (χ0n) is 24.2. The predicted octanol–water partition coefficient (Wildman–Crippen LogP) is 6.15. The number of nitrogens with zero attached hydrogens (tertiary/aromatic N) is 1. The molecule has 0 fully saturated rings. The van der Waals surface area contributed by atoms with Crippen LogP contribution >= 0.6 is 11.3 Å². The van der Waals surface area contributed by atoms with Crippen molar-refractivity contribution in [2.24, 2.45) is 5.10 Å². The summed E-state index contributed by atoms with van der Waals surface area (Å²) in [5, 5.41) is 7.44. The molecule has 9 nitrogen and oxygen atoms in total. The monoisotopic (exact) mass is 591 g/mol. The maximum atomic E-state index is 13.0. The molecule has 10 heteroatoms. The Balaban J connectivity index is 1.30. The maximum Gasteiger partial charge on any atom is 0.341 e. The van der Waals surface area contributed by atoms with Crippen molar-refractivity contribution in [1.82, 2.24) is 5.43 Å². The number of nitrogens with one attached hydrogen (secondary N) is 2. The van der Waals surface area contributed by atoms with Gasteiger partial charge in [-0.3, -0.25) is 9.59 Å². The van der Waals surface area contributed by atoms with Gasteiger partial charge in [0.1, 0.15) is 16.5 Å². The van der Waals surface area contributed by atoms with E-state index in [1.165, 1.54) is 11.3 Å². The SMILES string of the molecule is CCCCOc1ccc(/C=N\NC(=O)[C@@H](C)Oc2ccc(C(=O)Nc3sc4c(c3C(=O)OCC)CCCC4)cc2)cc1. The molecular weight excluding hydrogens is 554 g/mol. The molecule has 1 aromatic heterocycles. The van der Waals surface area contributed by atoms with E-state index < -0.39 is 18.0 Å². The van der Waals surface area contributed by atoms with Crippen LogP contribution in [0.4, 0.5) is 5.00 Å². The lowest BCUT2D eigenvalue weighted by molar-refractivity contribution is -0.127. The number of hydrogen-bond acceptors (Lipinski definition) is 8. The fourth-order valence-electron chi connectivity index (χ4n) is 4.44. The second-order valence-electron chi connectivity index (χ2n) is 9.88. The number of unbranched alkanes of at least 4 members (excludes halogenated alkanes) is 1. The van der Waals surface area contributed by atoms with E-state index in [0.717, 1.165) is 60.3 Å². The van der Waals surface area contributed by atoms with Crippen LogP contribution in [0, 0.1) is 0 Å². The molecule has 0 unspecified atom stereocenters. The molecule has 1 aliphatic carbocycles. The Morgan fingerprint density at radius 2 is 1.71 bits per heavy atom. The molecule has 222 valence electrons. The van der Waals surface area contributed by atoms with Gasteiger partial charge in [-0.1, -0.05) is 13.3 Å². The molecule has 0 spiro atoms. The highest BCUT2D eigenvalue weighted by molar-refractivity contribution is 7.17. The normalized spacial score (nSPS) is 13.2. The van der Waals surface area contributed by atoms with Crippen molar-refractivity contribution in [3.8, 4) is 11.5 Å². The Bertz CT molecular complexity index is 1400. The van der Waals surface area contributed by atoms with Gasteiger partial charge in [0.15, 0.2) is 6.10 Å². The second-order valence-corrected chi connectivity index (χ2v) is 11.0. The zero-order chi connectivity index (χ0) is 29.9. The molecule has 0 radical (unpaired) electrons. The largest absolute Gasteiger partial charge is 0.494 e. The number of amides is 2. The smallest absolute Gasteiger partial charge is 0.341 e. The van der Waals surface area contributed by atoms with E-state index in [9.17, 15) is 14.4 Å². The highest BCUT2D eigenvalue weighted by atomic mass is 32.1. The summed E-state index contributed by atoms with van der Waals surface area (Å²) in [6, 6.07) is 13.9. The fraction of sp³-hybridized carbons (Fsp3) is 0.375. The lowest BCUT2D eigenvalue weighted by Crippen LogP contribution is -2.33. The first-order chi connectivity index (χ1) is 20.4. The number of carbonyl (C=O) groups is 3. The molecule has 1 heterocycles. The molecule has 0 bridgehead atoms. The van der Waals surface area contributed by atoms with E-state index in [1.807, 2.05) is 24.3 Å². The Morgan fingerprint density at radius 3 is 2.43 bits per heavy atom. The minimum absolute atomic E-state index is 0.268. The molecule has 3 aromatic rings. The molecule has 1 aliphatic rings. The summed E-state index contributed by atoms with van der Waals surface area (Å²) in [4.78, 5) is 39.3. The van der Waals surface area contributed by atoms with Crippen LogP contribution in [0.3, 0.4) is 0 Å². The Hall–Kier alpha value is -4.18. The van der Waals surface area contributed by atoms with Crippen molar-refractivity contribution in [2.75, 3.05) is 18.5 Å². The number of carbonyl (C=O) groups excluding carboxylic acids is 3. The van der Waals surface area contributed by atoms with E-state index in [0.29, 0.717) is 28.5 Å². The van der Waals surface area contributed by atoms with Gasteiger partial charge in [-0.25, -0.2) is 10.2 Å². The average Bonchev–Trinajstić information content (AvgIpc) is 3.36. The summed E-state index contributed by atoms with van der Waals surface area (Å²) in [6.45, 7) is 6.44. The summed E-state index contributed by atoms with van der Waals surface area (Å²) in [6.07, 6.45) is 6.59. The van der Waals surface area contributed by atoms with Crippen LogP contribution in [0.2, 0.25) is 0 Å². The second kappa shape index (κ2) is 15.2. The lowest BCUT2D eigenvalue weighted by Gasteiger charge is -2.13. The van der Waals surface area contributed by atoms with Crippen molar-refractivity contribution in [2.45, 2.75) is 65.4 Å². The van der Waals surface area contributed by atoms with Gasteiger partial charge in [-0.15, -0.1) is 11.3 Å². The number of benzene rings is 2. The number of hydrogen-bond donors (Lipinski definition) is 2. The summed E-state index contributed by atoms with van der Waals surface area (Å²) in [7, 11) is 0. The zero-order valence-corrected chi connectivity index (χ0v) is 25.1. The number of thiophene rings is 1. The number of hydrazone groups is 1. The minimum atomic E-state index is -0.819. The molecule has 2 aromatic carbocycles. The number of fused-ring (bicyclic) bond motifs is 1. The summed E-state index contributed by atoms with van der Waals surface area (Å²) >= 11 is 1.44. The van der Waals surface area contributed by atoms with Crippen LogP contribution in [-0.4, -0.2) is 43.3 Å². The Labute approximate surface area is 250 Å². The predicted molar refractivity (Wildman–Crippen MR) is 164 cm³/mol. The van der Waals surface area contributed by atoms with Crippen LogP contribution in [0.15, 0.2) is 53.6 Å². The Kier molecular flexibility index (Phi) is 11.1. The lowest BCUT2D eigenvalue weighted by atomic mass is 9.95. The van der Waals surface area contributed by atoms with Gasteiger partial charge in [-0.05, 0) is 106 Å². The first kappa shape index (κ1) is 30.8. The van der Waals surface area contributed by atoms with E-state index >= 15 is 0 Å². The van der Waals surface area contributed by atoms with E-state index in [4.69, 9.17) is 14.2 Å². The van der Waals surface area contributed by atoms with Crippen LogP contribution < -0.4 is 20.2 Å². The molecular formula is C32H37N3O6S. The third-order valence-corrected chi connectivity index (χ3v) is 7.92. The highest BCUT2D eigenvalue weighted by Crippen LogP contribution is 2.38. The van der Waals surface area contributed by atoms with Gasteiger partial charge in [0.2, 0.25) is 0 Å². The van der Waals surface area contributed by atoms with Gasteiger partial charge in [0.05, 0.1) is 25.0 Å². The van der Waals surface area contributed by atoms with Gasteiger partial charge in [0.25, 0.3) is 11.8 Å². The van der Waals surface area contributed by atoms with E-state index in [1.54, 1.807) is 44.3 Å². The first-order valence-electron chi connectivity index (χ1n) is 14.3. The molecule has 1 atom stereocenters. The van der Waals surface area contributed by atoms with Gasteiger partial charge in [0, 0.05) is 10.4 Å². The third kappa shape index (κ3) is 8.19. The van der Waals surface area contributed by atoms with Crippen molar-refractivity contribution in [1.29, 1.82) is 0 Å². The average molecular weight is 592 g/mol. The quantitative estimate of drug-likeness (QED) is 0.107. The number of aryl methyl sites for hydroxylation is 1. The van der Waals surface area contributed by atoms with Gasteiger partial charge in [-0.2, -0.15) is 5.10 Å². The number of anilines is 1. The maximum absolute atomic E-state index is 13.0. The topological polar surface area (TPSA) is 115 Å². The molecule has 2 amide bonds. The summed E-state index contributed by atoms with van der Waals surface area (Å²) in [5.74, 6) is 0.0578. The van der Waals surface area contributed by atoms with Gasteiger partial charge < -0.3 is 19.5 Å². The van der Waals surface area contributed by atoms with E-state index in [-0.39, 0.29) is 12.5 Å². The highest BCUT2D eigenvalue weighted by Gasteiger charge is 2.27. The summed E-state index contributed by atoms with van der Waals surface area (Å²) in [5.41, 5.74) is 5.16. The van der Waals surface area contributed by atoms with Crippen LogP contribution in [-0.2, 0) is 22.4 Å². The molecule has 2 N–H and O–H groups in total. The van der Waals surface area contributed by atoms with E-state index in [2.05, 4.69) is 22.8 Å². The van der Waals surface area contributed by atoms with Crippen molar-refractivity contribution in [3.05, 3.63) is 75.7 Å². The standard InChI is InChI=1S/C32H37N3O6S/c1-4-6-19-40-24-15-11-22(12-16-24)20-33-35-29(36)21(3)41-25-17-13-23(14-18-25)30(37)34-31-28(32(38)39-5-2)26-9-7-8-10-27(26)42-31/h11-18,20-21H,4-10,19H2,1-3H3,(H,34,37)(H,35,36)/b33-20-/t21-/m1/s1. The van der Waals surface area contributed by atoms with Crippen molar-refractivity contribution < 1.29 is 28.6 Å². The molecule has 4 rings (SSSR count). The van der Waals surface area contributed by atoms with Gasteiger partial charge >= 0.3 is 5.97 Å². The van der Waals surface area contributed by atoms with Crippen LogP contribution in [0.25, 0.3) is 0 Å². The number of esters is 1.